The second kappa shape index (κ2) is 8.05. The van der Waals surface area contributed by atoms with E-state index in [1.54, 1.807) is 25.1 Å². The number of hydrogen-bond acceptors (Lipinski definition) is 4. The number of esters is 1. The number of carbonyl (C=O) groups is 2. The highest BCUT2D eigenvalue weighted by molar-refractivity contribution is 6.04. The van der Waals surface area contributed by atoms with Gasteiger partial charge in [-0.15, -0.1) is 0 Å². The summed E-state index contributed by atoms with van der Waals surface area (Å²) in [6.45, 7) is 1.69. The molecule has 0 aromatic heterocycles. The Morgan fingerprint density at radius 1 is 1.08 bits per heavy atom. The lowest BCUT2D eigenvalue weighted by molar-refractivity contribution is -0.145. The van der Waals surface area contributed by atoms with E-state index in [1.807, 2.05) is 0 Å². The Bertz CT molecular complexity index is 749. The number of nitrogens with one attached hydrogen (secondary N) is 1. The molecule has 2 aromatic rings. The largest absolute Gasteiger partial charge is 0.482 e. The molecule has 0 radical (unpaired) electrons. The van der Waals surface area contributed by atoms with Crippen LogP contribution in [-0.2, 0) is 9.53 Å². The lowest BCUT2D eigenvalue weighted by atomic mass is 10.2. The lowest BCUT2D eigenvalue weighted by Gasteiger charge is -2.09. The zero-order valence-electron chi connectivity index (χ0n) is 12.8. The van der Waals surface area contributed by atoms with Crippen LogP contribution in [0.3, 0.4) is 0 Å². The number of benzene rings is 2. The average Bonchev–Trinajstić information content (AvgIpc) is 2.56. The molecule has 0 saturated carbocycles. The molecule has 1 N–H and O–H groups in total. The minimum Gasteiger partial charge on any atom is -0.482 e. The molecule has 126 valence electrons. The minimum absolute atomic E-state index is 0.0215. The van der Waals surface area contributed by atoms with Gasteiger partial charge in [0.15, 0.2) is 18.2 Å². The first-order valence-electron chi connectivity index (χ1n) is 7.14. The van der Waals surface area contributed by atoms with Gasteiger partial charge in [-0.1, -0.05) is 6.07 Å². The zero-order valence-corrected chi connectivity index (χ0v) is 12.8. The van der Waals surface area contributed by atoms with Crippen molar-refractivity contribution in [2.75, 3.05) is 18.5 Å². The number of hydrogen-bond donors (Lipinski definition) is 1. The number of carbonyl (C=O) groups excluding carboxylic acids is 2. The summed E-state index contributed by atoms with van der Waals surface area (Å²) in [5.74, 6) is -2.88. The van der Waals surface area contributed by atoms with Crippen LogP contribution < -0.4 is 10.1 Å². The van der Waals surface area contributed by atoms with Crippen molar-refractivity contribution < 1.29 is 27.8 Å². The van der Waals surface area contributed by atoms with Crippen molar-refractivity contribution in [2.45, 2.75) is 6.92 Å². The van der Waals surface area contributed by atoms with Crippen LogP contribution in [0.5, 0.6) is 5.75 Å². The first-order chi connectivity index (χ1) is 11.5. The Morgan fingerprint density at radius 2 is 1.88 bits per heavy atom. The van der Waals surface area contributed by atoms with E-state index >= 15 is 0 Å². The number of anilines is 1. The summed E-state index contributed by atoms with van der Waals surface area (Å²) in [5.41, 5.74) is 0.359. The molecule has 0 aliphatic rings. The van der Waals surface area contributed by atoms with Crippen LogP contribution in [-0.4, -0.2) is 25.1 Å². The summed E-state index contributed by atoms with van der Waals surface area (Å²) < 4.78 is 36.0. The maximum atomic E-state index is 13.2. The quantitative estimate of drug-likeness (QED) is 0.824. The van der Waals surface area contributed by atoms with Gasteiger partial charge < -0.3 is 14.8 Å². The molecular formula is C17H15F2NO4. The van der Waals surface area contributed by atoms with Gasteiger partial charge in [0, 0.05) is 17.3 Å². The molecule has 0 spiro atoms. The van der Waals surface area contributed by atoms with Crippen LogP contribution in [0.1, 0.15) is 17.3 Å². The molecule has 2 aromatic carbocycles. The van der Waals surface area contributed by atoms with Gasteiger partial charge in [0.05, 0.1) is 6.61 Å². The third-order valence-corrected chi connectivity index (χ3v) is 2.94. The third-order valence-electron chi connectivity index (χ3n) is 2.94. The third kappa shape index (κ3) is 4.77. The smallest absolute Gasteiger partial charge is 0.344 e. The highest BCUT2D eigenvalue weighted by Crippen LogP contribution is 2.18. The fraction of sp³-hybridized carbons (Fsp3) is 0.176. The van der Waals surface area contributed by atoms with Crippen molar-refractivity contribution >= 4 is 17.6 Å². The molecular weight excluding hydrogens is 320 g/mol. The van der Waals surface area contributed by atoms with Crippen LogP contribution in [0.4, 0.5) is 14.5 Å². The summed E-state index contributed by atoms with van der Waals surface area (Å²) in [6.07, 6.45) is 0. The van der Waals surface area contributed by atoms with E-state index in [1.165, 1.54) is 12.1 Å². The Kier molecular flexibility index (Phi) is 5.83. The van der Waals surface area contributed by atoms with Crippen LogP contribution in [0.2, 0.25) is 0 Å². The highest BCUT2D eigenvalue weighted by Gasteiger charge is 2.10. The maximum absolute atomic E-state index is 13.2. The van der Waals surface area contributed by atoms with E-state index in [9.17, 15) is 18.4 Å². The van der Waals surface area contributed by atoms with Gasteiger partial charge in [0.1, 0.15) is 5.75 Å². The van der Waals surface area contributed by atoms with Crippen molar-refractivity contribution in [3.05, 3.63) is 59.7 Å². The second-order valence-corrected chi connectivity index (χ2v) is 4.70. The molecule has 24 heavy (non-hydrogen) atoms. The van der Waals surface area contributed by atoms with Crippen molar-refractivity contribution in [3.63, 3.8) is 0 Å². The Hall–Kier alpha value is -2.96. The van der Waals surface area contributed by atoms with Gasteiger partial charge in [-0.2, -0.15) is 0 Å². The minimum atomic E-state index is -1.10. The van der Waals surface area contributed by atoms with Gasteiger partial charge in [0.25, 0.3) is 5.91 Å². The van der Waals surface area contributed by atoms with Crippen LogP contribution in [0, 0.1) is 11.6 Å². The van der Waals surface area contributed by atoms with Gasteiger partial charge in [0.2, 0.25) is 0 Å². The van der Waals surface area contributed by atoms with E-state index in [-0.39, 0.29) is 18.8 Å². The fourth-order valence-corrected chi connectivity index (χ4v) is 1.85. The standard InChI is InChI=1S/C17H15F2NO4/c1-2-23-16(21)10-24-13-5-3-4-12(9-13)20-17(22)11-6-7-14(18)15(19)8-11/h3-9H,2,10H2,1H3,(H,20,22). The molecule has 0 fully saturated rings. The molecule has 0 atom stereocenters. The van der Waals surface area contributed by atoms with E-state index < -0.39 is 23.5 Å². The van der Waals surface area contributed by atoms with E-state index in [0.29, 0.717) is 11.4 Å². The van der Waals surface area contributed by atoms with Crippen molar-refractivity contribution in [3.8, 4) is 5.75 Å². The van der Waals surface area contributed by atoms with Crippen LogP contribution in [0.15, 0.2) is 42.5 Å². The number of rotatable bonds is 6. The molecule has 7 heteroatoms. The predicted molar refractivity (Wildman–Crippen MR) is 82.9 cm³/mol. The Labute approximate surface area is 137 Å². The molecule has 5 nitrogen and oxygen atoms in total. The zero-order chi connectivity index (χ0) is 17.5. The Balaban J connectivity index is 2.01. The fourth-order valence-electron chi connectivity index (χ4n) is 1.85. The summed E-state index contributed by atoms with van der Waals surface area (Å²) in [6, 6.07) is 9.17. The average molecular weight is 335 g/mol. The van der Waals surface area contributed by atoms with E-state index in [0.717, 1.165) is 12.1 Å². The van der Waals surface area contributed by atoms with Gasteiger partial charge in [-0.25, -0.2) is 13.6 Å². The normalized spacial score (nSPS) is 10.1. The van der Waals surface area contributed by atoms with E-state index in [4.69, 9.17) is 9.47 Å². The topological polar surface area (TPSA) is 64.6 Å². The Morgan fingerprint density at radius 3 is 2.58 bits per heavy atom. The maximum Gasteiger partial charge on any atom is 0.344 e. The van der Waals surface area contributed by atoms with E-state index in [2.05, 4.69) is 5.32 Å². The highest BCUT2D eigenvalue weighted by atomic mass is 19.2. The van der Waals surface area contributed by atoms with Crippen molar-refractivity contribution in [1.82, 2.24) is 0 Å². The summed E-state index contributed by atoms with van der Waals surface area (Å²) in [4.78, 5) is 23.3. The van der Waals surface area contributed by atoms with Crippen molar-refractivity contribution in [1.29, 1.82) is 0 Å². The summed E-state index contributed by atoms with van der Waals surface area (Å²) >= 11 is 0. The number of halogens is 2. The second-order valence-electron chi connectivity index (χ2n) is 4.70. The number of amides is 1. The number of ether oxygens (including phenoxy) is 2. The molecule has 0 heterocycles. The molecule has 0 aliphatic carbocycles. The van der Waals surface area contributed by atoms with Gasteiger partial charge in [-0.3, -0.25) is 4.79 Å². The van der Waals surface area contributed by atoms with Crippen LogP contribution >= 0.6 is 0 Å². The molecule has 0 bridgehead atoms. The van der Waals surface area contributed by atoms with Crippen molar-refractivity contribution in [2.24, 2.45) is 0 Å². The molecule has 0 unspecified atom stereocenters. The first-order valence-corrected chi connectivity index (χ1v) is 7.14. The first kappa shape index (κ1) is 17.4. The lowest BCUT2D eigenvalue weighted by Crippen LogP contribution is -2.15. The monoisotopic (exact) mass is 335 g/mol. The van der Waals surface area contributed by atoms with Crippen LogP contribution in [0.25, 0.3) is 0 Å². The van der Waals surface area contributed by atoms with Gasteiger partial charge >= 0.3 is 5.97 Å². The summed E-state index contributed by atoms with van der Waals surface area (Å²) in [5, 5.41) is 2.53. The molecule has 2 rings (SSSR count). The molecule has 0 saturated heterocycles. The summed E-state index contributed by atoms with van der Waals surface area (Å²) in [7, 11) is 0. The van der Waals surface area contributed by atoms with Gasteiger partial charge in [-0.05, 0) is 37.3 Å². The predicted octanol–water partition coefficient (Wildman–Crippen LogP) is 3.16. The SMILES string of the molecule is CCOC(=O)COc1cccc(NC(=O)c2ccc(F)c(F)c2)c1. The molecule has 1 amide bonds. The molecule has 0 aliphatic heterocycles.